The molecule has 1 atom stereocenters. The molecule has 0 aliphatic carbocycles. The molecule has 19 heavy (non-hydrogen) atoms. The lowest BCUT2D eigenvalue weighted by atomic mass is 10.0. The number of aromatic hydroxyl groups is 1. The van der Waals surface area contributed by atoms with Crippen LogP contribution in [0, 0.1) is 0 Å². The van der Waals surface area contributed by atoms with Crippen molar-refractivity contribution in [2.75, 3.05) is 18.6 Å². The fourth-order valence-electron chi connectivity index (χ4n) is 1.89. The number of halogens is 1. The van der Waals surface area contributed by atoms with Crippen LogP contribution in [-0.4, -0.2) is 32.1 Å². The summed E-state index contributed by atoms with van der Waals surface area (Å²) in [5, 5.41) is 13.1. The summed E-state index contributed by atoms with van der Waals surface area (Å²) in [5.41, 5.74) is 0.830. The number of rotatable bonds is 7. The van der Waals surface area contributed by atoms with Gasteiger partial charge in [-0.1, -0.05) is 22.9 Å². The van der Waals surface area contributed by atoms with Crippen molar-refractivity contribution in [2.24, 2.45) is 0 Å². The van der Waals surface area contributed by atoms with Gasteiger partial charge in [0.25, 0.3) is 0 Å². The van der Waals surface area contributed by atoms with E-state index < -0.39 is 9.84 Å². The monoisotopic (exact) mass is 349 g/mol. The molecule has 108 valence electrons. The predicted octanol–water partition coefficient (Wildman–Crippen LogP) is 2.63. The largest absolute Gasteiger partial charge is 0.508 e. The molecule has 1 rings (SSSR count). The van der Waals surface area contributed by atoms with E-state index in [-0.39, 0.29) is 17.5 Å². The van der Waals surface area contributed by atoms with Gasteiger partial charge in [0.05, 0.1) is 5.75 Å². The number of phenols is 1. The Bertz CT molecular complexity index is 517. The SMILES string of the molecule is CCC(NCCCS(C)(=O)=O)c1cc(Br)ccc1O. The van der Waals surface area contributed by atoms with E-state index in [0.717, 1.165) is 16.5 Å². The molecular formula is C13H20BrNO3S. The van der Waals surface area contributed by atoms with Crippen molar-refractivity contribution in [1.29, 1.82) is 0 Å². The van der Waals surface area contributed by atoms with Gasteiger partial charge in [-0.15, -0.1) is 0 Å². The maximum absolute atomic E-state index is 11.0. The lowest BCUT2D eigenvalue weighted by Crippen LogP contribution is -2.23. The molecule has 0 radical (unpaired) electrons. The van der Waals surface area contributed by atoms with E-state index in [1.54, 1.807) is 12.1 Å². The van der Waals surface area contributed by atoms with E-state index in [1.165, 1.54) is 6.26 Å². The summed E-state index contributed by atoms with van der Waals surface area (Å²) < 4.78 is 23.0. The molecule has 0 aromatic heterocycles. The van der Waals surface area contributed by atoms with E-state index in [9.17, 15) is 13.5 Å². The highest BCUT2D eigenvalue weighted by Gasteiger charge is 2.13. The van der Waals surface area contributed by atoms with E-state index in [1.807, 2.05) is 13.0 Å². The Kier molecular flexibility index (Phi) is 6.29. The first-order valence-corrected chi connectivity index (χ1v) is 9.08. The zero-order chi connectivity index (χ0) is 14.5. The van der Waals surface area contributed by atoms with Gasteiger partial charge in [-0.05, 0) is 37.6 Å². The van der Waals surface area contributed by atoms with Crippen LogP contribution in [0.25, 0.3) is 0 Å². The molecule has 0 amide bonds. The molecule has 0 aliphatic rings. The number of phenolic OH excluding ortho intramolecular Hbond substituents is 1. The van der Waals surface area contributed by atoms with Crippen LogP contribution in [0.3, 0.4) is 0 Å². The number of hydrogen-bond donors (Lipinski definition) is 2. The molecule has 0 saturated heterocycles. The number of nitrogens with one attached hydrogen (secondary N) is 1. The van der Waals surface area contributed by atoms with Gasteiger partial charge in [0, 0.05) is 22.3 Å². The van der Waals surface area contributed by atoms with Crippen molar-refractivity contribution in [3.8, 4) is 5.75 Å². The Labute approximate surface area is 123 Å². The second kappa shape index (κ2) is 7.26. The van der Waals surface area contributed by atoms with Gasteiger partial charge >= 0.3 is 0 Å². The van der Waals surface area contributed by atoms with Crippen molar-refractivity contribution in [3.63, 3.8) is 0 Å². The topological polar surface area (TPSA) is 66.4 Å². The highest BCUT2D eigenvalue weighted by atomic mass is 79.9. The summed E-state index contributed by atoms with van der Waals surface area (Å²) >= 11 is 3.38. The van der Waals surface area contributed by atoms with Crippen LogP contribution in [0.4, 0.5) is 0 Å². The summed E-state index contributed by atoms with van der Waals surface area (Å²) in [5.74, 6) is 0.437. The van der Waals surface area contributed by atoms with Crippen molar-refractivity contribution < 1.29 is 13.5 Å². The minimum Gasteiger partial charge on any atom is -0.508 e. The van der Waals surface area contributed by atoms with E-state index in [4.69, 9.17) is 0 Å². The molecule has 4 nitrogen and oxygen atoms in total. The first-order valence-electron chi connectivity index (χ1n) is 6.23. The van der Waals surface area contributed by atoms with E-state index in [0.29, 0.717) is 13.0 Å². The molecule has 6 heteroatoms. The third-order valence-corrected chi connectivity index (χ3v) is 4.38. The lowest BCUT2D eigenvalue weighted by molar-refractivity contribution is 0.441. The van der Waals surface area contributed by atoms with Crippen molar-refractivity contribution in [3.05, 3.63) is 28.2 Å². The van der Waals surface area contributed by atoms with Crippen LogP contribution in [0.2, 0.25) is 0 Å². The second-order valence-corrected chi connectivity index (χ2v) is 7.78. The van der Waals surface area contributed by atoms with Gasteiger partial charge in [-0.25, -0.2) is 8.42 Å². The lowest BCUT2D eigenvalue weighted by Gasteiger charge is -2.18. The fourth-order valence-corrected chi connectivity index (χ4v) is 2.94. The first kappa shape index (κ1) is 16.5. The molecule has 0 fully saturated rings. The van der Waals surface area contributed by atoms with Gasteiger partial charge in [0.1, 0.15) is 15.6 Å². The minimum absolute atomic E-state index is 0.0251. The third kappa shape index (κ3) is 5.93. The summed E-state index contributed by atoms with van der Waals surface area (Å²) in [6.07, 6.45) is 2.64. The highest BCUT2D eigenvalue weighted by Crippen LogP contribution is 2.29. The summed E-state index contributed by atoms with van der Waals surface area (Å²) in [6.45, 7) is 2.63. The number of benzene rings is 1. The molecule has 2 N–H and O–H groups in total. The summed E-state index contributed by atoms with van der Waals surface area (Å²) in [7, 11) is -2.91. The van der Waals surface area contributed by atoms with Crippen LogP contribution in [-0.2, 0) is 9.84 Å². The Morgan fingerprint density at radius 1 is 1.42 bits per heavy atom. The second-order valence-electron chi connectivity index (χ2n) is 4.60. The highest BCUT2D eigenvalue weighted by molar-refractivity contribution is 9.10. The smallest absolute Gasteiger partial charge is 0.147 e. The molecule has 0 saturated carbocycles. The molecule has 1 aromatic carbocycles. The van der Waals surface area contributed by atoms with Crippen molar-refractivity contribution in [1.82, 2.24) is 5.32 Å². The Morgan fingerprint density at radius 2 is 2.11 bits per heavy atom. The standard InChI is InChI=1S/C13H20BrNO3S/c1-3-12(15-7-4-8-19(2,17)18)11-9-10(14)5-6-13(11)16/h5-6,9,12,15-16H,3-4,7-8H2,1-2H3. The van der Waals surface area contributed by atoms with Gasteiger partial charge in [-0.2, -0.15) is 0 Å². The van der Waals surface area contributed by atoms with Gasteiger partial charge < -0.3 is 10.4 Å². The normalized spacial score (nSPS) is 13.4. The van der Waals surface area contributed by atoms with Gasteiger partial charge in [0.2, 0.25) is 0 Å². The molecule has 1 aromatic rings. The molecular weight excluding hydrogens is 330 g/mol. The minimum atomic E-state index is -2.91. The van der Waals surface area contributed by atoms with Crippen LogP contribution in [0.15, 0.2) is 22.7 Å². The maximum Gasteiger partial charge on any atom is 0.147 e. The number of sulfone groups is 1. The fraction of sp³-hybridized carbons (Fsp3) is 0.538. The Hall–Kier alpha value is -0.590. The zero-order valence-electron chi connectivity index (χ0n) is 11.2. The predicted molar refractivity (Wildman–Crippen MR) is 81.2 cm³/mol. The average molecular weight is 350 g/mol. The Morgan fingerprint density at radius 3 is 2.68 bits per heavy atom. The molecule has 0 spiro atoms. The number of hydrogen-bond acceptors (Lipinski definition) is 4. The van der Waals surface area contributed by atoms with E-state index in [2.05, 4.69) is 21.2 Å². The zero-order valence-corrected chi connectivity index (χ0v) is 13.6. The molecule has 0 aliphatic heterocycles. The molecule has 0 heterocycles. The summed E-state index contributed by atoms with van der Waals surface area (Å²) in [4.78, 5) is 0. The van der Waals surface area contributed by atoms with Gasteiger partial charge in [-0.3, -0.25) is 0 Å². The van der Waals surface area contributed by atoms with Crippen LogP contribution < -0.4 is 5.32 Å². The van der Waals surface area contributed by atoms with Crippen molar-refractivity contribution in [2.45, 2.75) is 25.8 Å². The summed E-state index contributed by atoms with van der Waals surface area (Å²) in [6, 6.07) is 5.35. The van der Waals surface area contributed by atoms with Crippen LogP contribution in [0.5, 0.6) is 5.75 Å². The van der Waals surface area contributed by atoms with Gasteiger partial charge in [0.15, 0.2) is 0 Å². The van der Waals surface area contributed by atoms with Crippen LogP contribution in [0.1, 0.15) is 31.4 Å². The van der Waals surface area contributed by atoms with Crippen molar-refractivity contribution >= 4 is 25.8 Å². The molecule has 1 unspecified atom stereocenters. The maximum atomic E-state index is 11.0. The average Bonchev–Trinajstić information content (AvgIpc) is 2.32. The first-order chi connectivity index (χ1) is 8.83. The quantitative estimate of drug-likeness (QED) is 0.742. The van der Waals surface area contributed by atoms with E-state index >= 15 is 0 Å². The van der Waals surface area contributed by atoms with Crippen LogP contribution >= 0.6 is 15.9 Å². The Balaban J connectivity index is 2.61. The third-order valence-electron chi connectivity index (χ3n) is 2.86. The molecule has 0 bridgehead atoms.